The maximum atomic E-state index is 12.2. The van der Waals surface area contributed by atoms with Gasteiger partial charge in [-0.25, -0.2) is 9.48 Å². The standard InChI is InChI=1S/C14H14N2O3/c1-3-19-14(18)10(2)9-16-13(17)12-7-5-4-6-11(12)8-15-16/h4-8H,2-3,9H2,1H3. The average molecular weight is 258 g/mol. The van der Waals surface area contributed by atoms with Crippen molar-refractivity contribution < 1.29 is 9.53 Å². The summed E-state index contributed by atoms with van der Waals surface area (Å²) in [6.07, 6.45) is 1.59. The van der Waals surface area contributed by atoms with Gasteiger partial charge in [0.05, 0.1) is 30.3 Å². The van der Waals surface area contributed by atoms with Gasteiger partial charge in [0.25, 0.3) is 5.56 Å². The van der Waals surface area contributed by atoms with Crippen LogP contribution >= 0.6 is 0 Å². The molecule has 0 spiro atoms. The highest BCUT2D eigenvalue weighted by Crippen LogP contribution is 2.07. The lowest BCUT2D eigenvalue weighted by Gasteiger charge is -2.07. The van der Waals surface area contributed by atoms with Crippen molar-refractivity contribution in [3.63, 3.8) is 0 Å². The van der Waals surface area contributed by atoms with Crippen molar-refractivity contribution in [1.82, 2.24) is 9.78 Å². The Bertz CT molecular complexity index is 688. The maximum Gasteiger partial charge on any atom is 0.335 e. The first-order chi connectivity index (χ1) is 9.13. The smallest absolute Gasteiger partial charge is 0.335 e. The van der Waals surface area contributed by atoms with Crippen molar-refractivity contribution in [1.29, 1.82) is 0 Å². The zero-order valence-corrected chi connectivity index (χ0v) is 10.6. The number of carbonyl (C=O) groups excluding carboxylic acids is 1. The molecular formula is C14H14N2O3. The third-order valence-electron chi connectivity index (χ3n) is 2.67. The lowest BCUT2D eigenvalue weighted by atomic mass is 10.2. The van der Waals surface area contributed by atoms with Crippen molar-refractivity contribution in [3.8, 4) is 0 Å². The van der Waals surface area contributed by atoms with Gasteiger partial charge < -0.3 is 4.74 Å². The molecule has 1 heterocycles. The van der Waals surface area contributed by atoms with Crippen LogP contribution in [0.15, 0.2) is 47.4 Å². The van der Waals surface area contributed by atoms with Crippen LogP contribution in [-0.2, 0) is 16.1 Å². The predicted octanol–water partition coefficient (Wildman–Crippen LogP) is 1.52. The second-order valence-electron chi connectivity index (χ2n) is 4.02. The van der Waals surface area contributed by atoms with Crippen LogP contribution in [0.25, 0.3) is 10.8 Å². The highest BCUT2D eigenvalue weighted by atomic mass is 16.5. The minimum Gasteiger partial charge on any atom is -0.463 e. The lowest BCUT2D eigenvalue weighted by Crippen LogP contribution is -2.25. The molecule has 0 atom stereocenters. The highest BCUT2D eigenvalue weighted by Gasteiger charge is 2.11. The number of rotatable bonds is 4. The van der Waals surface area contributed by atoms with Crippen molar-refractivity contribution in [2.24, 2.45) is 0 Å². The molecule has 98 valence electrons. The molecule has 0 saturated carbocycles. The minimum atomic E-state index is -0.510. The fourth-order valence-electron chi connectivity index (χ4n) is 1.72. The van der Waals surface area contributed by atoms with Crippen LogP contribution in [0, 0.1) is 0 Å². The Kier molecular flexibility index (Phi) is 3.75. The third-order valence-corrected chi connectivity index (χ3v) is 2.67. The van der Waals surface area contributed by atoms with Crippen LogP contribution in [0.1, 0.15) is 6.92 Å². The van der Waals surface area contributed by atoms with E-state index in [2.05, 4.69) is 11.7 Å². The molecule has 0 aliphatic carbocycles. The van der Waals surface area contributed by atoms with E-state index in [4.69, 9.17) is 4.74 Å². The average Bonchev–Trinajstić information content (AvgIpc) is 2.42. The molecular weight excluding hydrogens is 244 g/mol. The molecule has 0 amide bonds. The van der Waals surface area contributed by atoms with Gasteiger partial charge in [-0.1, -0.05) is 24.8 Å². The van der Waals surface area contributed by atoms with Crippen molar-refractivity contribution >= 4 is 16.7 Å². The number of benzene rings is 1. The molecule has 5 nitrogen and oxygen atoms in total. The zero-order valence-electron chi connectivity index (χ0n) is 10.6. The molecule has 0 unspecified atom stereocenters. The quantitative estimate of drug-likeness (QED) is 0.616. The molecule has 19 heavy (non-hydrogen) atoms. The van der Waals surface area contributed by atoms with Gasteiger partial charge in [0.15, 0.2) is 0 Å². The number of carbonyl (C=O) groups is 1. The SMILES string of the molecule is C=C(Cn1ncc2ccccc2c1=O)C(=O)OCC. The van der Waals surface area contributed by atoms with Crippen molar-refractivity contribution in [2.45, 2.75) is 13.5 Å². The first-order valence-corrected chi connectivity index (χ1v) is 5.93. The second-order valence-corrected chi connectivity index (χ2v) is 4.02. The lowest BCUT2D eigenvalue weighted by molar-refractivity contribution is -0.138. The summed E-state index contributed by atoms with van der Waals surface area (Å²) in [6, 6.07) is 7.16. The van der Waals surface area contributed by atoms with Crippen LogP contribution in [0.4, 0.5) is 0 Å². The van der Waals surface area contributed by atoms with Crippen LogP contribution in [-0.4, -0.2) is 22.4 Å². The van der Waals surface area contributed by atoms with Crippen LogP contribution in [0.5, 0.6) is 0 Å². The van der Waals surface area contributed by atoms with Crippen LogP contribution < -0.4 is 5.56 Å². The van der Waals surface area contributed by atoms with Gasteiger partial charge >= 0.3 is 5.97 Å². The van der Waals surface area contributed by atoms with E-state index in [-0.39, 0.29) is 24.3 Å². The Morgan fingerprint density at radius 2 is 2.16 bits per heavy atom. The first-order valence-electron chi connectivity index (χ1n) is 5.93. The molecule has 0 radical (unpaired) electrons. The van der Waals surface area contributed by atoms with E-state index in [0.29, 0.717) is 5.39 Å². The molecule has 0 aliphatic heterocycles. The van der Waals surface area contributed by atoms with Gasteiger partial charge in [0, 0.05) is 5.39 Å². The Morgan fingerprint density at radius 3 is 2.89 bits per heavy atom. The molecule has 2 rings (SSSR count). The Morgan fingerprint density at radius 1 is 1.42 bits per heavy atom. The monoisotopic (exact) mass is 258 g/mol. The first kappa shape index (κ1) is 13.0. The highest BCUT2D eigenvalue weighted by molar-refractivity contribution is 5.87. The zero-order chi connectivity index (χ0) is 13.8. The predicted molar refractivity (Wildman–Crippen MR) is 71.8 cm³/mol. The van der Waals surface area contributed by atoms with Crippen molar-refractivity contribution in [2.75, 3.05) is 6.61 Å². The van der Waals surface area contributed by atoms with E-state index in [9.17, 15) is 9.59 Å². The summed E-state index contributed by atoms with van der Waals surface area (Å²) in [4.78, 5) is 23.6. The third kappa shape index (κ3) is 2.70. The summed E-state index contributed by atoms with van der Waals surface area (Å²) in [5.74, 6) is -0.510. The summed E-state index contributed by atoms with van der Waals surface area (Å²) < 4.78 is 6.03. The van der Waals surface area contributed by atoms with E-state index >= 15 is 0 Å². The molecule has 2 aromatic rings. The molecule has 0 saturated heterocycles. The molecule has 0 bridgehead atoms. The van der Waals surface area contributed by atoms with Gasteiger partial charge in [-0.15, -0.1) is 0 Å². The number of esters is 1. The maximum absolute atomic E-state index is 12.2. The summed E-state index contributed by atoms with van der Waals surface area (Å²) in [7, 11) is 0. The van der Waals surface area contributed by atoms with Gasteiger partial charge in [-0.05, 0) is 13.0 Å². The normalized spacial score (nSPS) is 10.4. The van der Waals surface area contributed by atoms with E-state index in [1.807, 2.05) is 12.1 Å². The number of hydrogen-bond acceptors (Lipinski definition) is 4. The van der Waals surface area contributed by atoms with Crippen LogP contribution in [0.3, 0.4) is 0 Å². The number of ether oxygens (including phenoxy) is 1. The van der Waals surface area contributed by atoms with Crippen molar-refractivity contribution in [3.05, 3.63) is 53.0 Å². The van der Waals surface area contributed by atoms with E-state index in [1.54, 1.807) is 25.3 Å². The summed E-state index contributed by atoms with van der Waals surface area (Å²) in [5, 5.41) is 5.36. The summed E-state index contributed by atoms with van der Waals surface area (Å²) >= 11 is 0. The molecule has 0 aliphatic rings. The summed E-state index contributed by atoms with van der Waals surface area (Å²) in [6.45, 7) is 5.64. The van der Waals surface area contributed by atoms with E-state index in [1.165, 1.54) is 4.68 Å². The Balaban J connectivity index is 2.32. The molecule has 1 aromatic carbocycles. The Hall–Kier alpha value is -2.43. The molecule has 5 heteroatoms. The topological polar surface area (TPSA) is 61.2 Å². The largest absolute Gasteiger partial charge is 0.463 e. The molecule has 0 N–H and O–H groups in total. The van der Waals surface area contributed by atoms with Gasteiger partial charge in [0.2, 0.25) is 0 Å². The fourth-order valence-corrected chi connectivity index (χ4v) is 1.72. The van der Waals surface area contributed by atoms with Gasteiger partial charge in [0.1, 0.15) is 0 Å². The van der Waals surface area contributed by atoms with Gasteiger partial charge in [-0.3, -0.25) is 4.79 Å². The summed E-state index contributed by atoms with van der Waals surface area (Å²) in [5.41, 5.74) is -0.0460. The number of aromatic nitrogens is 2. The van der Waals surface area contributed by atoms with Crippen LogP contribution in [0.2, 0.25) is 0 Å². The van der Waals surface area contributed by atoms with Gasteiger partial charge in [-0.2, -0.15) is 5.10 Å². The fraction of sp³-hybridized carbons (Fsp3) is 0.214. The second kappa shape index (κ2) is 5.48. The number of nitrogens with zero attached hydrogens (tertiary/aromatic N) is 2. The van der Waals surface area contributed by atoms with E-state index < -0.39 is 5.97 Å². The number of hydrogen-bond donors (Lipinski definition) is 0. The molecule has 1 aromatic heterocycles. The molecule has 0 fully saturated rings. The number of fused-ring (bicyclic) bond motifs is 1. The minimum absolute atomic E-state index is 0.0303. The van der Waals surface area contributed by atoms with E-state index in [0.717, 1.165) is 5.39 Å². The Labute approximate surface area is 110 Å².